The van der Waals surface area contributed by atoms with E-state index in [0.29, 0.717) is 4.47 Å². The summed E-state index contributed by atoms with van der Waals surface area (Å²) in [6, 6.07) is 2.53. The molecule has 0 aliphatic heterocycles. The number of halogens is 2. The fourth-order valence-corrected chi connectivity index (χ4v) is 1.49. The number of phenols is 1. The molecule has 76 valence electrons. The second-order valence-electron chi connectivity index (χ2n) is 3.30. The Morgan fingerprint density at radius 2 is 2.07 bits per heavy atom. The number of ketones is 1. The number of benzene rings is 1. The van der Waals surface area contributed by atoms with E-state index < -0.39 is 11.6 Å². The maximum Gasteiger partial charge on any atom is 0.169 e. The van der Waals surface area contributed by atoms with Crippen molar-refractivity contribution in [1.82, 2.24) is 0 Å². The molecule has 0 aromatic heterocycles. The van der Waals surface area contributed by atoms with E-state index in [4.69, 9.17) is 0 Å². The molecule has 0 amide bonds. The molecular formula is C10H10BrFO2. The molecule has 1 rings (SSSR count). The van der Waals surface area contributed by atoms with E-state index in [0.717, 1.165) is 6.07 Å². The van der Waals surface area contributed by atoms with Crippen molar-refractivity contribution >= 4 is 21.7 Å². The van der Waals surface area contributed by atoms with Crippen molar-refractivity contribution in [2.45, 2.75) is 13.8 Å². The van der Waals surface area contributed by atoms with Crippen molar-refractivity contribution in [3.8, 4) is 5.75 Å². The molecular weight excluding hydrogens is 251 g/mol. The van der Waals surface area contributed by atoms with Gasteiger partial charge < -0.3 is 5.11 Å². The summed E-state index contributed by atoms with van der Waals surface area (Å²) in [5.41, 5.74) is 0.0203. The summed E-state index contributed by atoms with van der Waals surface area (Å²) in [6.45, 7) is 3.39. The number of hydrogen-bond acceptors (Lipinski definition) is 2. The van der Waals surface area contributed by atoms with E-state index in [-0.39, 0.29) is 17.3 Å². The van der Waals surface area contributed by atoms with Crippen LogP contribution in [0.5, 0.6) is 5.75 Å². The van der Waals surface area contributed by atoms with Gasteiger partial charge >= 0.3 is 0 Å². The smallest absolute Gasteiger partial charge is 0.169 e. The fourth-order valence-electron chi connectivity index (χ4n) is 1.06. The highest BCUT2D eigenvalue weighted by atomic mass is 79.9. The first-order chi connectivity index (χ1) is 6.43. The van der Waals surface area contributed by atoms with Crippen molar-refractivity contribution in [3.05, 3.63) is 28.0 Å². The van der Waals surface area contributed by atoms with Crippen molar-refractivity contribution in [3.63, 3.8) is 0 Å². The molecule has 1 aromatic carbocycles. The molecule has 14 heavy (non-hydrogen) atoms. The molecule has 2 nitrogen and oxygen atoms in total. The molecule has 0 unspecified atom stereocenters. The van der Waals surface area contributed by atoms with Crippen molar-refractivity contribution in [2.24, 2.45) is 5.92 Å². The molecule has 0 bridgehead atoms. The third-order valence-electron chi connectivity index (χ3n) is 1.82. The predicted molar refractivity (Wildman–Crippen MR) is 54.9 cm³/mol. The predicted octanol–water partition coefficient (Wildman–Crippen LogP) is 3.13. The van der Waals surface area contributed by atoms with Crippen LogP contribution in [0.2, 0.25) is 0 Å². The van der Waals surface area contributed by atoms with Gasteiger partial charge in [0.1, 0.15) is 0 Å². The summed E-state index contributed by atoms with van der Waals surface area (Å²) in [4.78, 5) is 11.5. The van der Waals surface area contributed by atoms with Crippen LogP contribution in [0.4, 0.5) is 4.39 Å². The number of hydrogen-bond donors (Lipinski definition) is 1. The number of phenolic OH excluding ortho intramolecular Hbond substituents is 1. The van der Waals surface area contributed by atoms with Gasteiger partial charge in [-0.25, -0.2) is 4.39 Å². The van der Waals surface area contributed by atoms with Gasteiger partial charge in [-0.2, -0.15) is 0 Å². The number of carbonyl (C=O) groups excluding carboxylic acids is 1. The van der Waals surface area contributed by atoms with Gasteiger partial charge in [0.25, 0.3) is 0 Å². The maximum atomic E-state index is 13.0. The van der Waals surface area contributed by atoms with Crippen LogP contribution in [-0.2, 0) is 0 Å². The number of Topliss-reactive ketones (excluding diaryl/α,β-unsaturated/α-hetero) is 1. The van der Waals surface area contributed by atoms with Crippen LogP contribution in [-0.4, -0.2) is 10.9 Å². The minimum absolute atomic E-state index is 0.0203. The number of carbonyl (C=O) groups is 1. The Hall–Kier alpha value is -0.900. The SMILES string of the molecule is CC(C)C(=O)c1cc(Br)cc(F)c1O. The lowest BCUT2D eigenvalue weighted by atomic mass is 10.0. The fraction of sp³-hybridized carbons (Fsp3) is 0.300. The van der Waals surface area contributed by atoms with E-state index in [1.165, 1.54) is 6.07 Å². The molecule has 0 spiro atoms. The van der Waals surface area contributed by atoms with Crippen LogP contribution in [0.3, 0.4) is 0 Å². The first-order valence-electron chi connectivity index (χ1n) is 4.15. The van der Waals surface area contributed by atoms with Crippen molar-refractivity contribution in [2.75, 3.05) is 0 Å². The molecule has 0 heterocycles. The molecule has 1 aromatic rings. The normalized spacial score (nSPS) is 10.6. The molecule has 0 fully saturated rings. The van der Waals surface area contributed by atoms with Crippen molar-refractivity contribution in [1.29, 1.82) is 0 Å². The second kappa shape index (κ2) is 4.09. The van der Waals surface area contributed by atoms with Gasteiger partial charge in [-0.05, 0) is 12.1 Å². The van der Waals surface area contributed by atoms with Crippen LogP contribution in [0.25, 0.3) is 0 Å². The summed E-state index contributed by atoms with van der Waals surface area (Å²) >= 11 is 3.06. The average Bonchev–Trinajstić information content (AvgIpc) is 2.09. The lowest BCUT2D eigenvalue weighted by molar-refractivity contribution is 0.0936. The Balaban J connectivity index is 3.27. The first kappa shape index (κ1) is 11.2. The quantitative estimate of drug-likeness (QED) is 0.830. The van der Waals surface area contributed by atoms with Gasteiger partial charge in [-0.3, -0.25) is 4.79 Å². The Kier molecular flexibility index (Phi) is 3.26. The molecule has 0 saturated heterocycles. The van der Waals surface area contributed by atoms with Gasteiger partial charge in [0.2, 0.25) is 0 Å². The van der Waals surface area contributed by atoms with Crippen LogP contribution in [0, 0.1) is 11.7 Å². The lowest BCUT2D eigenvalue weighted by Gasteiger charge is -2.07. The third kappa shape index (κ3) is 2.12. The lowest BCUT2D eigenvalue weighted by Crippen LogP contribution is -2.08. The van der Waals surface area contributed by atoms with E-state index in [1.54, 1.807) is 13.8 Å². The van der Waals surface area contributed by atoms with Gasteiger partial charge in [0, 0.05) is 10.4 Å². The maximum absolute atomic E-state index is 13.0. The highest BCUT2D eigenvalue weighted by molar-refractivity contribution is 9.10. The molecule has 4 heteroatoms. The summed E-state index contributed by atoms with van der Waals surface area (Å²) in [5.74, 6) is -1.91. The van der Waals surface area contributed by atoms with Crippen LogP contribution in [0.15, 0.2) is 16.6 Å². The molecule has 1 N–H and O–H groups in total. The summed E-state index contributed by atoms with van der Waals surface area (Å²) in [5, 5.41) is 9.32. The Labute approximate surface area is 89.9 Å². The second-order valence-corrected chi connectivity index (χ2v) is 4.22. The number of aromatic hydroxyl groups is 1. The summed E-state index contributed by atoms with van der Waals surface area (Å²) in [6.07, 6.45) is 0. The van der Waals surface area contributed by atoms with E-state index in [9.17, 15) is 14.3 Å². The monoisotopic (exact) mass is 260 g/mol. The van der Waals surface area contributed by atoms with Gasteiger partial charge in [-0.15, -0.1) is 0 Å². The highest BCUT2D eigenvalue weighted by Crippen LogP contribution is 2.27. The zero-order valence-corrected chi connectivity index (χ0v) is 9.43. The topological polar surface area (TPSA) is 37.3 Å². The Morgan fingerprint density at radius 3 is 2.57 bits per heavy atom. The molecule has 0 atom stereocenters. The zero-order chi connectivity index (χ0) is 10.9. The molecule has 0 saturated carbocycles. The largest absolute Gasteiger partial charge is 0.504 e. The van der Waals surface area contributed by atoms with Gasteiger partial charge in [0.05, 0.1) is 5.56 Å². The van der Waals surface area contributed by atoms with E-state index >= 15 is 0 Å². The van der Waals surface area contributed by atoms with Gasteiger partial charge in [0.15, 0.2) is 17.3 Å². The standard InChI is InChI=1S/C10H10BrFO2/c1-5(2)9(13)7-3-6(11)4-8(12)10(7)14/h3-5,14H,1-2H3. The molecule has 0 radical (unpaired) electrons. The molecule has 0 aliphatic rings. The van der Waals surface area contributed by atoms with Gasteiger partial charge in [-0.1, -0.05) is 29.8 Å². The van der Waals surface area contributed by atoms with Crippen molar-refractivity contribution < 1.29 is 14.3 Å². The number of rotatable bonds is 2. The van der Waals surface area contributed by atoms with E-state index in [1.807, 2.05) is 0 Å². The molecule has 0 aliphatic carbocycles. The Morgan fingerprint density at radius 1 is 1.50 bits per heavy atom. The first-order valence-corrected chi connectivity index (χ1v) is 4.95. The highest BCUT2D eigenvalue weighted by Gasteiger charge is 2.18. The van der Waals surface area contributed by atoms with E-state index in [2.05, 4.69) is 15.9 Å². The summed E-state index contributed by atoms with van der Waals surface area (Å²) in [7, 11) is 0. The van der Waals surface area contributed by atoms with Crippen LogP contribution >= 0.6 is 15.9 Å². The average molecular weight is 261 g/mol. The van der Waals surface area contributed by atoms with Crippen LogP contribution in [0.1, 0.15) is 24.2 Å². The third-order valence-corrected chi connectivity index (χ3v) is 2.28. The minimum atomic E-state index is -0.789. The van der Waals surface area contributed by atoms with Crippen LogP contribution < -0.4 is 0 Å². The Bertz CT molecular complexity index is 375. The minimum Gasteiger partial charge on any atom is -0.504 e. The zero-order valence-electron chi connectivity index (χ0n) is 7.84. The summed E-state index contributed by atoms with van der Waals surface area (Å²) < 4.78 is 13.5.